The fraction of sp³-hybridized carbons (Fsp3) is 0.615. The molecule has 4 fully saturated rings. The lowest BCUT2D eigenvalue weighted by Gasteiger charge is -2.54. The molecule has 1 saturated carbocycles. The van der Waals surface area contributed by atoms with E-state index in [4.69, 9.17) is 11.6 Å². The van der Waals surface area contributed by atoms with Crippen molar-refractivity contribution in [1.82, 2.24) is 15.5 Å². The largest absolute Gasteiger partial charge is 0.374 e. The summed E-state index contributed by atoms with van der Waals surface area (Å²) in [6.45, 7) is 3.99. The Morgan fingerprint density at radius 3 is 2.76 bits per heavy atom. The number of hydrogen-bond donors (Lipinski definition) is 3. The number of halogens is 3. The van der Waals surface area contributed by atoms with Crippen LogP contribution in [0.2, 0.25) is 5.02 Å². The standard InChI is InChI=1S/C26H32ClF2N5O3/c1-14-20(27)6-3-7-21(14)32-15(2)25(37)34-18-8-9-19(26(28,29)12-18)22(34)24(36)33-17(13-30)11-16-5-4-10-31-23(16)35/h3,6-7,15-19,22,32H,4-5,8-12H2,1-2H3,(H,31,35)(H,33,36)/t15-,16-,17+,18+,19+,22+/m1/s1. The number of alkyl halides is 2. The second-order valence-electron chi connectivity index (χ2n) is 10.3. The zero-order valence-corrected chi connectivity index (χ0v) is 21.7. The lowest BCUT2D eigenvalue weighted by Crippen LogP contribution is -2.70. The molecule has 8 nitrogen and oxygen atoms in total. The van der Waals surface area contributed by atoms with Crippen molar-refractivity contribution < 1.29 is 23.2 Å². The van der Waals surface area contributed by atoms with Crippen LogP contribution in [0, 0.1) is 30.1 Å². The summed E-state index contributed by atoms with van der Waals surface area (Å²) in [5.74, 6) is -6.32. The SMILES string of the molecule is Cc1c(Cl)cccc1N[C@H](C)C(=O)N1[C@H]2CC[C@@H]([C@H]1C(=O)N[C@H](C#N)C[C@H]1CCCNC1=O)C(F)(F)C2. The molecule has 37 heavy (non-hydrogen) atoms. The minimum absolute atomic E-state index is 0.0885. The quantitative estimate of drug-likeness (QED) is 0.495. The fourth-order valence-corrected chi connectivity index (χ4v) is 6.03. The molecule has 1 aliphatic carbocycles. The summed E-state index contributed by atoms with van der Waals surface area (Å²) in [6, 6.07) is 3.18. The predicted molar refractivity (Wildman–Crippen MR) is 134 cm³/mol. The number of carbonyl (C=O) groups is 3. The van der Waals surface area contributed by atoms with Crippen LogP contribution in [0.1, 0.15) is 51.0 Å². The Labute approximate surface area is 220 Å². The molecule has 0 radical (unpaired) electrons. The van der Waals surface area contributed by atoms with Gasteiger partial charge in [0.1, 0.15) is 18.1 Å². The molecule has 2 bridgehead atoms. The van der Waals surface area contributed by atoms with E-state index < -0.39 is 60.2 Å². The second-order valence-corrected chi connectivity index (χ2v) is 10.7. The molecule has 3 heterocycles. The zero-order chi connectivity index (χ0) is 26.9. The van der Waals surface area contributed by atoms with Gasteiger partial charge in [0, 0.05) is 35.6 Å². The molecule has 3 amide bonds. The van der Waals surface area contributed by atoms with Gasteiger partial charge in [-0.25, -0.2) is 8.78 Å². The van der Waals surface area contributed by atoms with E-state index in [0.717, 1.165) is 12.0 Å². The molecule has 0 unspecified atom stereocenters. The van der Waals surface area contributed by atoms with Crippen LogP contribution in [-0.2, 0) is 14.4 Å². The predicted octanol–water partition coefficient (Wildman–Crippen LogP) is 3.39. The lowest BCUT2D eigenvalue weighted by atomic mass is 9.71. The molecule has 11 heteroatoms. The third-order valence-electron chi connectivity index (χ3n) is 7.86. The molecule has 3 N–H and O–H groups in total. The average Bonchev–Trinajstić information content (AvgIpc) is 2.86. The van der Waals surface area contributed by atoms with Crippen molar-refractivity contribution in [2.24, 2.45) is 11.8 Å². The van der Waals surface area contributed by atoms with E-state index in [1.807, 2.05) is 6.07 Å². The van der Waals surface area contributed by atoms with Gasteiger partial charge in [0.25, 0.3) is 5.92 Å². The molecular formula is C26H32ClF2N5O3. The highest BCUT2D eigenvalue weighted by Crippen LogP contribution is 2.49. The Bertz CT molecular complexity index is 1110. The Hall–Kier alpha value is -2.93. The number of piperidine rings is 3. The first-order chi connectivity index (χ1) is 17.5. The third kappa shape index (κ3) is 5.52. The first-order valence-electron chi connectivity index (χ1n) is 12.7. The number of fused-ring (bicyclic) bond motifs is 3. The van der Waals surface area contributed by atoms with Gasteiger partial charge in [0.2, 0.25) is 17.7 Å². The summed E-state index contributed by atoms with van der Waals surface area (Å²) in [5.41, 5.74) is 1.38. The van der Waals surface area contributed by atoms with E-state index in [0.29, 0.717) is 30.1 Å². The number of carbonyl (C=O) groups excluding carboxylic acids is 3. The van der Waals surface area contributed by atoms with Gasteiger partial charge >= 0.3 is 0 Å². The fourth-order valence-electron chi connectivity index (χ4n) is 5.85. The van der Waals surface area contributed by atoms with E-state index in [2.05, 4.69) is 16.0 Å². The Balaban J connectivity index is 1.54. The van der Waals surface area contributed by atoms with E-state index in [-0.39, 0.29) is 18.7 Å². The molecule has 1 aromatic carbocycles. The van der Waals surface area contributed by atoms with Gasteiger partial charge in [-0.3, -0.25) is 14.4 Å². The minimum atomic E-state index is -3.10. The highest BCUT2D eigenvalue weighted by Gasteiger charge is 2.60. The summed E-state index contributed by atoms with van der Waals surface area (Å²) in [7, 11) is 0. The minimum Gasteiger partial charge on any atom is -0.374 e. The van der Waals surface area contributed by atoms with Gasteiger partial charge in [-0.05, 0) is 63.6 Å². The Morgan fingerprint density at radius 1 is 1.32 bits per heavy atom. The topological polar surface area (TPSA) is 114 Å². The van der Waals surface area contributed by atoms with Gasteiger partial charge in [-0.2, -0.15) is 5.26 Å². The van der Waals surface area contributed by atoms with E-state index in [1.54, 1.807) is 32.0 Å². The first-order valence-corrected chi connectivity index (χ1v) is 13.1. The maximum atomic E-state index is 15.0. The van der Waals surface area contributed by atoms with E-state index in [9.17, 15) is 28.4 Å². The van der Waals surface area contributed by atoms with Crippen molar-refractivity contribution in [3.63, 3.8) is 0 Å². The first kappa shape index (κ1) is 27.1. The van der Waals surface area contributed by atoms with Crippen molar-refractivity contribution in [3.8, 4) is 6.07 Å². The Kier molecular flexibility index (Phi) is 7.93. The van der Waals surface area contributed by atoms with E-state index >= 15 is 0 Å². The number of nitrogens with one attached hydrogen (secondary N) is 3. The summed E-state index contributed by atoms with van der Waals surface area (Å²) >= 11 is 6.19. The highest BCUT2D eigenvalue weighted by atomic mass is 35.5. The molecule has 5 rings (SSSR count). The maximum Gasteiger partial charge on any atom is 0.255 e. The molecular weight excluding hydrogens is 504 g/mol. The molecule has 0 spiro atoms. The van der Waals surface area contributed by atoms with Crippen molar-refractivity contribution in [2.45, 2.75) is 82.5 Å². The van der Waals surface area contributed by atoms with Crippen LogP contribution >= 0.6 is 11.6 Å². The number of nitriles is 1. The van der Waals surface area contributed by atoms with Gasteiger partial charge in [-0.15, -0.1) is 0 Å². The monoisotopic (exact) mass is 535 g/mol. The third-order valence-corrected chi connectivity index (χ3v) is 8.27. The molecule has 6 atom stereocenters. The number of rotatable bonds is 7. The number of hydrogen-bond acceptors (Lipinski definition) is 5. The molecule has 3 saturated heterocycles. The molecule has 1 aromatic rings. The van der Waals surface area contributed by atoms with E-state index in [1.165, 1.54) is 4.90 Å². The second kappa shape index (κ2) is 10.8. The Morgan fingerprint density at radius 2 is 2.08 bits per heavy atom. The van der Waals surface area contributed by atoms with Crippen molar-refractivity contribution in [2.75, 3.05) is 11.9 Å². The van der Waals surface area contributed by atoms with Crippen molar-refractivity contribution in [3.05, 3.63) is 28.8 Å². The van der Waals surface area contributed by atoms with Crippen molar-refractivity contribution >= 4 is 35.0 Å². The number of anilines is 1. The normalized spacial score (nSPS) is 28.0. The maximum absolute atomic E-state index is 15.0. The van der Waals surface area contributed by atoms with Gasteiger partial charge in [0.15, 0.2) is 0 Å². The average molecular weight is 536 g/mol. The number of amides is 3. The van der Waals surface area contributed by atoms with Gasteiger partial charge in [0.05, 0.1) is 12.0 Å². The van der Waals surface area contributed by atoms with Crippen LogP contribution in [0.3, 0.4) is 0 Å². The molecule has 0 aromatic heterocycles. The summed E-state index contributed by atoms with van der Waals surface area (Å²) in [4.78, 5) is 40.5. The van der Waals surface area contributed by atoms with Crippen LogP contribution < -0.4 is 16.0 Å². The highest BCUT2D eigenvalue weighted by molar-refractivity contribution is 6.31. The van der Waals surface area contributed by atoms with Gasteiger partial charge in [-0.1, -0.05) is 17.7 Å². The zero-order valence-electron chi connectivity index (χ0n) is 20.9. The molecule has 4 aliphatic rings. The number of nitrogens with zero attached hydrogens (tertiary/aromatic N) is 2. The summed E-state index contributed by atoms with van der Waals surface area (Å²) in [5, 5.41) is 18.6. The summed E-state index contributed by atoms with van der Waals surface area (Å²) < 4.78 is 29.9. The van der Waals surface area contributed by atoms with Crippen LogP contribution in [-0.4, -0.2) is 59.3 Å². The van der Waals surface area contributed by atoms with Crippen LogP contribution in [0.25, 0.3) is 0 Å². The molecule has 200 valence electrons. The van der Waals surface area contributed by atoms with Crippen molar-refractivity contribution in [1.29, 1.82) is 5.26 Å². The van der Waals surface area contributed by atoms with Crippen LogP contribution in [0.4, 0.5) is 14.5 Å². The van der Waals surface area contributed by atoms with Crippen LogP contribution in [0.15, 0.2) is 18.2 Å². The van der Waals surface area contributed by atoms with Crippen LogP contribution in [0.5, 0.6) is 0 Å². The van der Waals surface area contributed by atoms with Gasteiger partial charge < -0.3 is 20.9 Å². The smallest absolute Gasteiger partial charge is 0.255 e. The lowest BCUT2D eigenvalue weighted by molar-refractivity contribution is -0.194. The number of benzene rings is 1. The summed E-state index contributed by atoms with van der Waals surface area (Å²) in [6.07, 6.45) is 1.42. The molecule has 3 aliphatic heterocycles.